The van der Waals surface area contributed by atoms with Gasteiger partial charge in [0.25, 0.3) is 0 Å². The molecule has 1 aliphatic rings. The first-order chi connectivity index (χ1) is 5.77. The molecule has 0 aromatic rings. The van der Waals surface area contributed by atoms with Gasteiger partial charge in [-0.05, 0) is 31.4 Å². The second-order valence-electron chi connectivity index (χ2n) is 3.90. The van der Waals surface area contributed by atoms with E-state index in [1.165, 1.54) is 32.2 Å². The summed E-state index contributed by atoms with van der Waals surface area (Å²) in [5, 5.41) is 0. The molecule has 0 aromatic carbocycles. The zero-order chi connectivity index (χ0) is 8.97. The maximum absolute atomic E-state index is 2.57. The average Bonchev–Trinajstić information content (AvgIpc) is 2.05. The molecule has 0 bridgehead atoms. The lowest BCUT2D eigenvalue weighted by molar-refractivity contribution is 0.212. The van der Waals surface area contributed by atoms with Gasteiger partial charge in [-0.3, -0.25) is 0 Å². The topological polar surface area (TPSA) is 3.24 Å². The Hall–Kier alpha value is 0.310. The van der Waals surface area contributed by atoms with Crippen molar-refractivity contribution in [3.63, 3.8) is 0 Å². The van der Waals surface area contributed by atoms with Gasteiger partial charge in [-0.25, -0.2) is 4.31 Å². The Kier molecular flexibility index (Phi) is 4.44. The number of rotatable bonds is 3. The third-order valence-corrected chi connectivity index (χ3v) is 3.73. The quantitative estimate of drug-likeness (QED) is 0.624. The molecule has 0 spiro atoms. The Morgan fingerprint density at radius 2 is 2.25 bits per heavy atom. The molecule has 2 unspecified atom stereocenters. The minimum atomic E-state index is 0.855. The van der Waals surface area contributed by atoms with Crippen molar-refractivity contribution in [3.05, 3.63) is 0 Å². The van der Waals surface area contributed by atoms with Crippen LogP contribution in [0.15, 0.2) is 0 Å². The molecule has 0 aromatic heterocycles. The number of hydrogen-bond acceptors (Lipinski definition) is 2. The summed E-state index contributed by atoms with van der Waals surface area (Å²) in [6, 6.07) is 0.855. The molecule has 0 radical (unpaired) electrons. The molecule has 0 N–H and O–H groups in total. The Morgan fingerprint density at radius 3 is 2.83 bits per heavy atom. The normalized spacial score (nSPS) is 32.2. The van der Waals surface area contributed by atoms with E-state index in [1.54, 1.807) is 0 Å². The van der Waals surface area contributed by atoms with Crippen LogP contribution >= 0.6 is 11.9 Å². The van der Waals surface area contributed by atoms with E-state index in [4.69, 9.17) is 0 Å². The fourth-order valence-corrected chi connectivity index (χ4v) is 2.84. The Labute approximate surface area is 81.0 Å². The van der Waals surface area contributed by atoms with Crippen LogP contribution in [0.3, 0.4) is 0 Å². The summed E-state index contributed by atoms with van der Waals surface area (Å²) < 4.78 is 2.57. The maximum Gasteiger partial charge on any atom is 0.0204 e. The molecule has 1 heterocycles. The molecular formula is C10H21NS. The van der Waals surface area contributed by atoms with Crippen molar-refractivity contribution >= 4 is 11.9 Å². The van der Waals surface area contributed by atoms with Crippen molar-refractivity contribution in [2.45, 2.75) is 45.6 Å². The van der Waals surface area contributed by atoms with Crippen LogP contribution in [0.4, 0.5) is 0 Å². The van der Waals surface area contributed by atoms with Crippen molar-refractivity contribution < 1.29 is 0 Å². The van der Waals surface area contributed by atoms with Crippen LogP contribution in [0, 0.1) is 5.92 Å². The van der Waals surface area contributed by atoms with Crippen molar-refractivity contribution in [1.82, 2.24) is 4.31 Å². The smallest absolute Gasteiger partial charge is 0.0204 e. The molecule has 1 aliphatic heterocycles. The lowest BCUT2D eigenvalue weighted by Gasteiger charge is -2.36. The molecule has 2 atom stereocenters. The summed E-state index contributed by atoms with van der Waals surface area (Å²) >= 11 is 1.93. The summed E-state index contributed by atoms with van der Waals surface area (Å²) in [5.41, 5.74) is 0. The Balaban J connectivity index is 2.40. The maximum atomic E-state index is 2.57. The van der Waals surface area contributed by atoms with E-state index in [9.17, 15) is 0 Å². The van der Waals surface area contributed by atoms with Crippen LogP contribution in [0.2, 0.25) is 0 Å². The molecule has 72 valence electrons. The molecule has 12 heavy (non-hydrogen) atoms. The third-order valence-electron chi connectivity index (χ3n) is 2.78. The van der Waals surface area contributed by atoms with Crippen LogP contribution in [0.5, 0.6) is 0 Å². The fourth-order valence-electron chi connectivity index (χ4n) is 2.07. The van der Waals surface area contributed by atoms with E-state index in [0.717, 1.165) is 12.0 Å². The summed E-state index contributed by atoms with van der Waals surface area (Å²) in [5.74, 6) is 0.949. The highest BCUT2D eigenvalue weighted by Gasteiger charge is 2.24. The van der Waals surface area contributed by atoms with Crippen LogP contribution in [0.25, 0.3) is 0 Å². The zero-order valence-corrected chi connectivity index (χ0v) is 9.36. The van der Waals surface area contributed by atoms with Crippen LogP contribution in [-0.4, -0.2) is 23.1 Å². The van der Waals surface area contributed by atoms with Gasteiger partial charge >= 0.3 is 0 Å². The van der Waals surface area contributed by atoms with Gasteiger partial charge in [-0.2, -0.15) is 0 Å². The van der Waals surface area contributed by atoms with E-state index in [0.29, 0.717) is 0 Å². The molecular weight excluding hydrogens is 166 g/mol. The average molecular weight is 187 g/mol. The second kappa shape index (κ2) is 5.13. The highest BCUT2D eigenvalue weighted by Crippen LogP contribution is 2.29. The van der Waals surface area contributed by atoms with Crippen molar-refractivity contribution in [2.24, 2.45) is 5.92 Å². The molecule has 1 fully saturated rings. The van der Waals surface area contributed by atoms with Crippen LogP contribution in [0.1, 0.15) is 39.5 Å². The molecule has 1 saturated heterocycles. The molecule has 1 nitrogen and oxygen atoms in total. The first kappa shape index (κ1) is 10.4. The fraction of sp³-hybridized carbons (Fsp3) is 1.00. The van der Waals surface area contributed by atoms with Gasteiger partial charge in [-0.1, -0.05) is 32.2 Å². The van der Waals surface area contributed by atoms with E-state index in [-0.39, 0.29) is 0 Å². The third kappa shape index (κ3) is 2.67. The molecule has 0 amide bonds. The monoisotopic (exact) mass is 187 g/mol. The number of nitrogens with zero attached hydrogens (tertiary/aromatic N) is 1. The van der Waals surface area contributed by atoms with E-state index in [1.807, 2.05) is 11.9 Å². The minimum absolute atomic E-state index is 0.855. The van der Waals surface area contributed by atoms with Gasteiger partial charge in [0.05, 0.1) is 0 Å². The summed E-state index contributed by atoms with van der Waals surface area (Å²) in [6.45, 7) is 5.98. The Morgan fingerprint density at radius 1 is 1.50 bits per heavy atom. The van der Waals surface area contributed by atoms with Gasteiger partial charge in [-0.15, -0.1) is 0 Å². The highest BCUT2D eigenvalue weighted by atomic mass is 32.2. The zero-order valence-electron chi connectivity index (χ0n) is 8.55. The largest absolute Gasteiger partial charge is 0.248 e. The van der Waals surface area contributed by atoms with Gasteiger partial charge in [0.15, 0.2) is 0 Å². The first-order valence-corrected chi connectivity index (χ1v) is 6.26. The Bertz CT molecular complexity index is 127. The SMILES string of the molecule is CCCC1CC(C)CCN1SC. The lowest BCUT2D eigenvalue weighted by atomic mass is 9.92. The highest BCUT2D eigenvalue weighted by molar-refractivity contribution is 7.96. The van der Waals surface area contributed by atoms with Gasteiger partial charge in [0.1, 0.15) is 0 Å². The molecule has 0 saturated carbocycles. The number of hydrogen-bond donors (Lipinski definition) is 0. The van der Waals surface area contributed by atoms with E-state index >= 15 is 0 Å². The van der Waals surface area contributed by atoms with E-state index in [2.05, 4.69) is 24.4 Å². The summed E-state index contributed by atoms with van der Waals surface area (Å²) in [7, 11) is 0. The van der Waals surface area contributed by atoms with Gasteiger partial charge < -0.3 is 0 Å². The first-order valence-electron chi connectivity index (χ1n) is 5.08. The predicted molar refractivity (Wildman–Crippen MR) is 57.3 cm³/mol. The summed E-state index contributed by atoms with van der Waals surface area (Å²) in [4.78, 5) is 0. The second-order valence-corrected chi connectivity index (χ2v) is 4.73. The molecule has 1 rings (SSSR count). The lowest BCUT2D eigenvalue weighted by Crippen LogP contribution is -2.37. The van der Waals surface area contributed by atoms with Gasteiger partial charge in [0.2, 0.25) is 0 Å². The van der Waals surface area contributed by atoms with Crippen molar-refractivity contribution in [3.8, 4) is 0 Å². The predicted octanol–water partition coefficient (Wildman–Crippen LogP) is 3.17. The van der Waals surface area contributed by atoms with Crippen LogP contribution < -0.4 is 0 Å². The molecule has 2 heteroatoms. The van der Waals surface area contributed by atoms with Crippen LogP contribution in [-0.2, 0) is 0 Å². The van der Waals surface area contributed by atoms with Crippen molar-refractivity contribution in [2.75, 3.05) is 12.8 Å². The number of piperidine rings is 1. The standard InChI is InChI=1S/C10H21NS/c1-4-5-10-8-9(2)6-7-11(10)12-3/h9-10H,4-8H2,1-3H3. The van der Waals surface area contributed by atoms with Crippen molar-refractivity contribution in [1.29, 1.82) is 0 Å². The van der Waals surface area contributed by atoms with E-state index < -0.39 is 0 Å². The minimum Gasteiger partial charge on any atom is -0.248 e. The van der Waals surface area contributed by atoms with Gasteiger partial charge in [0, 0.05) is 12.6 Å². The molecule has 0 aliphatic carbocycles. The summed E-state index contributed by atoms with van der Waals surface area (Å²) in [6.07, 6.45) is 7.72.